The third-order valence-corrected chi connectivity index (χ3v) is 6.03. The topological polar surface area (TPSA) is 82.2 Å². The van der Waals surface area contributed by atoms with Crippen LogP contribution in [0.15, 0.2) is 65.3 Å². The average Bonchev–Trinajstić information content (AvgIpc) is 3.52. The van der Waals surface area contributed by atoms with Crippen LogP contribution in [0.2, 0.25) is 0 Å². The number of nitrogens with one attached hydrogen (secondary N) is 1. The Balaban J connectivity index is 1.33. The van der Waals surface area contributed by atoms with Gasteiger partial charge in [0.05, 0.1) is 46.2 Å². The van der Waals surface area contributed by atoms with Crippen LogP contribution in [0.3, 0.4) is 0 Å². The Morgan fingerprint density at radius 3 is 2.71 bits per heavy atom. The van der Waals surface area contributed by atoms with Crippen LogP contribution in [0.25, 0.3) is 21.3 Å². The molecule has 5 rings (SSSR count). The van der Waals surface area contributed by atoms with Crippen molar-refractivity contribution in [3.8, 4) is 0 Å². The summed E-state index contributed by atoms with van der Waals surface area (Å²) in [6.45, 7) is 0.0647. The number of para-hydroxylation sites is 1. The van der Waals surface area contributed by atoms with E-state index in [2.05, 4.69) is 15.3 Å². The number of nitrogens with zero attached hydrogens (tertiary/aromatic N) is 3. The van der Waals surface area contributed by atoms with Gasteiger partial charge < -0.3 is 13.7 Å². The van der Waals surface area contributed by atoms with Crippen LogP contribution < -0.4 is 5.32 Å². The van der Waals surface area contributed by atoms with Gasteiger partial charge in [-0.05, 0) is 42.5 Å². The number of carbonyl (C=O) groups excluding carboxylic acids is 1. The predicted octanol–water partition coefficient (Wildman–Crippen LogP) is 5.46. The maximum absolute atomic E-state index is 13.1. The fourth-order valence-electron chi connectivity index (χ4n) is 3.49. The highest BCUT2D eigenvalue weighted by Gasteiger charge is 2.31. The fourth-order valence-corrected chi connectivity index (χ4v) is 4.40. The molecule has 3 aromatic heterocycles. The average molecular weight is 486 g/mol. The van der Waals surface area contributed by atoms with Gasteiger partial charge >= 0.3 is 6.18 Å². The second-order valence-electron chi connectivity index (χ2n) is 7.42. The van der Waals surface area contributed by atoms with Crippen molar-refractivity contribution >= 4 is 44.4 Å². The number of alkyl halides is 3. The van der Waals surface area contributed by atoms with Gasteiger partial charge in [0.2, 0.25) is 5.95 Å². The third-order valence-electron chi connectivity index (χ3n) is 5.02. The van der Waals surface area contributed by atoms with Crippen molar-refractivity contribution in [3.63, 3.8) is 0 Å². The van der Waals surface area contributed by atoms with Gasteiger partial charge in [-0.3, -0.25) is 10.1 Å². The Hall–Kier alpha value is -3.70. The molecule has 0 aliphatic rings. The molecule has 11 heteroatoms. The van der Waals surface area contributed by atoms with Gasteiger partial charge in [0, 0.05) is 0 Å². The molecule has 7 nitrogen and oxygen atoms in total. The first-order chi connectivity index (χ1) is 16.4. The number of fused-ring (bicyclic) bond motifs is 2. The Morgan fingerprint density at radius 1 is 1.09 bits per heavy atom. The zero-order valence-corrected chi connectivity index (χ0v) is 18.3. The molecule has 0 bridgehead atoms. The first-order valence-corrected chi connectivity index (χ1v) is 11.0. The van der Waals surface area contributed by atoms with E-state index in [-0.39, 0.29) is 31.2 Å². The summed E-state index contributed by atoms with van der Waals surface area (Å²) in [7, 11) is 0. The van der Waals surface area contributed by atoms with Crippen LogP contribution >= 0.6 is 11.3 Å². The van der Waals surface area contributed by atoms with E-state index in [9.17, 15) is 18.0 Å². The standard InChI is InChI=1S/C23H17F3N4O3S/c24-23(25,26)14-7-8-18-17(10-14)28-22(30(18)11-15-4-3-9-33-15)29-20(31)12-32-13-21-27-16-5-1-2-6-19(16)34-21/h1-10H,11-13H2,(H,28,29,31). The molecule has 0 saturated carbocycles. The number of aromatic nitrogens is 3. The highest BCUT2D eigenvalue weighted by Crippen LogP contribution is 2.32. The molecule has 0 aliphatic carbocycles. The molecule has 5 aromatic rings. The minimum atomic E-state index is -4.50. The van der Waals surface area contributed by atoms with E-state index in [0.717, 1.165) is 27.4 Å². The lowest BCUT2D eigenvalue weighted by molar-refractivity contribution is -0.137. The Bertz CT molecular complexity index is 1420. The summed E-state index contributed by atoms with van der Waals surface area (Å²) in [4.78, 5) is 21.2. The summed E-state index contributed by atoms with van der Waals surface area (Å²) < 4.78 is 52.9. The monoisotopic (exact) mass is 486 g/mol. The number of hydrogen-bond acceptors (Lipinski definition) is 6. The number of thiazole rings is 1. The van der Waals surface area contributed by atoms with E-state index in [1.807, 2.05) is 24.3 Å². The van der Waals surface area contributed by atoms with Crippen molar-refractivity contribution in [1.29, 1.82) is 0 Å². The van der Waals surface area contributed by atoms with E-state index in [1.165, 1.54) is 23.7 Å². The van der Waals surface area contributed by atoms with Gasteiger partial charge in [-0.1, -0.05) is 12.1 Å². The molecule has 0 fully saturated rings. The summed E-state index contributed by atoms with van der Waals surface area (Å²) in [5.74, 6) is 0.161. The summed E-state index contributed by atoms with van der Waals surface area (Å²) in [6.07, 6.45) is -3.01. The number of rotatable bonds is 7. The quantitative estimate of drug-likeness (QED) is 0.330. The fraction of sp³-hybridized carbons (Fsp3) is 0.174. The van der Waals surface area contributed by atoms with Crippen molar-refractivity contribution in [1.82, 2.24) is 14.5 Å². The third kappa shape index (κ3) is 4.66. The van der Waals surface area contributed by atoms with Crippen LogP contribution in [0.4, 0.5) is 19.1 Å². The minimum Gasteiger partial charge on any atom is -0.467 e. The molecule has 0 aliphatic heterocycles. The molecule has 3 heterocycles. The van der Waals surface area contributed by atoms with E-state index in [1.54, 1.807) is 16.7 Å². The molecular weight excluding hydrogens is 469 g/mol. The molecule has 0 unspecified atom stereocenters. The molecule has 0 spiro atoms. The Labute approximate surface area is 194 Å². The number of benzene rings is 2. The van der Waals surface area contributed by atoms with E-state index in [4.69, 9.17) is 9.15 Å². The minimum absolute atomic E-state index is 0.0966. The molecule has 34 heavy (non-hydrogen) atoms. The number of imidazole rings is 1. The second kappa shape index (κ2) is 8.92. The highest BCUT2D eigenvalue weighted by atomic mass is 32.1. The molecule has 2 aromatic carbocycles. The summed E-state index contributed by atoms with van der Waals surface area (Å²) in [6, 6.07) is 14.4. The smallest absolute Gasteiger partial charge is 0.416 e. The van der Waals surface area contributed by atoms with Crippen LogP contribution in [0.5, 0.6) is 0 Å². The Morgan fingerprint density at radius 2 is 1.94 bits per heavy atom. The normalized spacial score (nSPS) is 12.0. The maximum Gasteiger partial charge on any atom is 0.416 e. The van der Waals surface area contributed by atoms with Gasteiger partial charge in [0.1, 0.15) is 17.4 Å². The lowest BCUT2D eigenvalue weighted by Crippen LogP contribution is -2.21. The lowest BCUT2D eigenvalue weighted by Gasteiger charge is -2.09. The van der Waals surface area contributed by atoms with Gasteiger partial charge in [-0.2, -0.15) is 13.2 Å². The van der Waals surface area contributed by atoms with Crippen molar-refractivity contribution in [2.75, 3.05) is 11.9 Å². The Kier molecular flexibility index (Phi) is 5.80. The van der Waals surface area contributed by atoms with Gasteiger partial charge in [0.25, 0.3) is 5.91 Å². The SMILES string of the molecule is O=C(COCc1nc2ccccc2s1)Nc1nc2cc(C(F)(F)F)ccc2n1Cc1ccco1. The van der Waals surface area contributed by atoms with Crippen molar-refractivity contribution < 1.29 is 27.1 Å². The first-order valence-electron chi connectivity index (χ1n) is 10.2. The van der Waals surface area contributed by atoms with Crippen LogP contribution in [0.1, 0.15) is 16.3 Å². The molecule has 1 amide bonds. The van der Waals surface area contributed by atoms with Gasteiger partial charge in [-0.15, -0.1) is 11.3 Å². The number of ether oxygens (including phenoxy) is 1. The zero-order chi connectivity index (χ0) is 23.7. The number of anilines is 1. The second-order valence-corrected chi connectivity index (χ2v) is 8.53. The van der Waals surface area contributed by atoms with Gasteiger partial charge in [-0.25, -0.2) is 9.97 Å². The summed E-state index contributed by atoms with van der Waals surface area (Å²) in [5, 5.41) is 3.37. The van der Waals surface area contributed by atoms with E-state index in [0.29, 0.717) is 11.3 Å². The number of furan rings is 1. The summed E-state index contributed by atoms with van der Waals surface area (Å²) >= 11 is 1.48. The number of carbonyl (C=O) groups is 1. The molecule has 1 N–H and O–H groups in total. The lowest BCUT2D eigenvalue weighted by atomic mass is 10.2. The largest absolute Gasteiger partial charge is 0.467 e. The van der Waals surface area contributed by atoms with E-state index >= 15 is 0 Å². The first kappa shape index (κ1) is 22.1. The zero-order valence-electron chi connectivity index (χ0n) is 17.5. The predicted molar refractivity (Wildman–Crippen MR) is 120 cm³/mol. The van der Waals surface area contributed by atoms with Crippen LogP contribution in [-0.2, 0) is 28.9 Å². The molecule has 0 atom stereocenters. The van der Waals surface area contributed by atoms with Crippen LogP contribution in [-0.4, -0.2) is 27.0 Å². The summed E-state index contributed by atoms with van der Waals surface area (Å²) in [5.41, 5.74) is 0.572. The maximum atomic E-state index is 13.1. The highest BCUT2D eigenvalue weighted by molar-refractivity contribution is 7.18. The number of halogens is 3. The van der Waals surface area contributed by atoms with Crippen molar-refractivity contribution in [2.45, 2.75) is 19.3 Å². The molecule has 174 valence electrons. The molecule has 0 saturated heterocycles. The van der Waals surface area contributed by atoms with Crippen molar-refractivity contribution in [3.05, 3.63) is 77.2 Å². The van der Waals surface area contributed by atoms with Crippen molar-refractivity contribution in [2.24, 2.45) is 0 Å². The van der Waals surface area contributed by atoms with Gasteiger partial charge in [0.15, 0.2) is 0 Å². The van der Waals surface area contributed by atoms with Crippen LogP contribution in [0, 0.1) is 0 Å². The number of hydrogen-bond donors (Lipinski definition) is 1. The van der Waals surface area contributed by atoms with E-state index < -0.39 is 17.6 Å². The molecular formula is C23H17F3N4O3S. The number of amides is 1. The molecule has 0 radical (unpaired) electrons.